The quantitative estimate of drug-likeness (QED) is 0.781. The summed E-state index contributed by atoms with van der Waals surface area (Å²) < 4.78 is 1.19. The maximum Gasteiger partial charge on any atom is 0.0220 e. The van der Waals surface area contributed by atoms with Crippen LogP contribution in [0.15, 0.2) is 28.7 Å². The van der Waals surface area contributed by atoms with Gasteiger partial charge in [-0.3, -0.25) is 0 Å². The molecule has 0 heterocycles. The molecular formula is C10H14BrN. The van der Waals surface area contributed by atoms with E-state index in [0.717, 1.165) is 13.1 Å². The Morgan fingerprint density at radius 1 is 1.33 bits per heavy atom. The normalized spacial score (nSPS) is 10.2. The van der Waals surface area contributed by atoms with Gasteiger partial charge in [0, 0.05) is 11.0 Å². The van der Waals surface area contributed by atoms with Crippen LogP contribution in [-0.2, 0) is 6.54 Å². The Balaban J connectivity index is 2.46. The first-order valence-electron chi connectivity index (χ1n) is 4.28. The molecule has 0 unspecified atom stereocenters. The SMILES string of the molecule is CCCNCc1ccccc1Br. The second-order valence-electron chi connectivity index (χ2n) is 2.77. The van der Waals surface area contributed by atoms with Crippen molar-refractivity contribution in [1.29, 1.82) is 0 Å². The summed E-state index contributed by atoms with van der Waals surface area (Å²) in [6.45, 7) is 4.21. The van der Waals surface area contributed by atoms with Gasteiger partial charge in [-0.2, -0.15) is 0 Å². The second-order valence-corrected chi connectivity index (χ2v) is 3.62. The Bertz CT molecular complexity index is 235. The van der Waals surface area contributed by atoms with Crippen molar-refractivity contribution in [2.45, 2.75) is 19.9 Å². The third kappa shape index (κ3) is 2.95. The average Bonchev–Trinajstić information content (AvgIpc) is 2.09. The first-order valence-corrected chi connectivity index (χ1v) is 5.08. The molecule has 2 heteroatoms. The van der Waals surface area contributed by atoms with Crippen molar-refractivity contribution in [3.63, 3.8) is 0 Å². The van der Waals surface area contributed by atoms with Crippen molar-refractivity contribution in [3.8, 4) is 0 Å². The topological polar surface area (TPSA) is 12.0 Å². The monoisotopic (exact) mass is 227 g/mol. The van der Waals surface area contributed by atoms with Crippen molar-refractivity contribution in [1.82, 2.24) is 5.32 Å². The minimum atomic E-state index is 0.954. The third-order valence-corrected chi connectivity index (χ3v) is 2.47. The highest BCUT2D eigenvalue weighted by Crippen LogP contribution is 2.14. The number of rotatable bonds is 4. The van der Waals surface area contributed by atoms with Gasteiger partial charge in [0.25, 0.3) is 0 Å². The van der Waals surface area contributed by atoms with E-state index in [-0.39, 0.29) is 0 Å². The lowest BCUT2D eigenvalue weighted by Gasteiger charge is -2.04. The van der Waals surface area contributed by atoms with E-state index >= 15 is 0 Å². The Morgan fingerprint density at radius 3 is 2.75 bits per heavy atom. The molecular weight excluding hydrogens is 214 g/mol. The molecule has 1 N–H and O–H groups in total. The maximum absolute atomic E-state index is 3.51. The summed E-state index contributed by atoms with van der Waals surface area (Å²) in [7, 11) is 0. The third-order valence-electron chi connectivity index (χ3n) is 1.70. The summed E-state index contributed by atoms with van der Waals surface area (Å²) in [4.78, 5) is 0. The van der Waals surface area contributed by atoms with Gasteiger partial charge in [0.15, 0.2) is 0 Å². The summed E-state index contributed by atoms with van der Waals surface area (Å²) in [5.41, 5.74) is 1.32. The Morgan fingerprint density at radius 2 is 2.08 bits per heavy atom. The molecule has 1 nitrogen and oxygen atoms in total. The minimum Gasteiger partial charge on any atom is -0.313 e. The Labute approximate surface area is 82.3 Å². The van der Waals surface area contributed by atoms with Gasteiger partial charge in [-0.1, -0.05) is 41.1 Å². The molecule has 0 amide bonds. The molecule has 0 atom stereocenters. The Hall–Kier alpha value is -0.340. The molecule has 12 heavy (non-hydrogen) atoms. The first kappa shape index (κ1) is 9.75. The number of halogens is 1. The summed E-state index contributed by atoms with van der Waals surface area (Å²) in [6, 6.07) is 8.30. The molecule has 1 aromatic rings. The number of hydrogen-bond donors (Lipinski definition) is 1. The molecule has 0 aliphatic rings. The lowest BCUT2D eigenvalue weighted by atomic mass is 10.2. The summed E-state index contributed by atoms with van der Waals surface area (Å²) in [5, 5.41) is 3.36. The molecule has 66 valence electrons. The van der Waals surface area contributed by atoms with E-state index in [4.69, 9.17) is 0 Å². The first-order chi connectivity index (χ1) is 5.84. The average molecular weight is 228 g/mol. The fourth-order valence-electron chi connectivity index (χ4n) is 1.04. The molecule has 1 aromatic carbocycles. The molecule has 0 aromatic heterocycles. The smallest absolute Gasteiger partial charge is 0.0220 e. The van der Waals surface area contributed by atoms with E-state index in [0.29, 0.717) is 0 Å². The van der Waals surface area contributed by atoms with Crippen LogP contribution in [0.1, 0.15) is 18.9 Å². The van der Waals surface area contributed by atoms with Crippen LogP contribution in [0.25, 0.3) is 0 Å². The highest BCUT2D eigenvalue weighted by molar-refractivity contribution is 9.10. The Kier molecular flexibility index (Phi) is 4.33. The number of benzene rings is 1. The van der Waals surface area contributed by atoms with Gasteiger partial charge < -0.3 is 5.32 Å². The minimum absolute atomic E-state index is 0.954. The van der Waals surface area contributed by atoms with E-state index in [2.05, 4.69) is 46.4 Å². The molecule has 0 spiro atoms. The van der Waals surface area contributed by atoms with Gasteiger partial charge in [-0.15, -0.1) is 0 Å². The van der Waals surface area contributed by atoms with E-state index in [1.807, 2.05) is 6.07 Å². The molecule has 1 rings (SSSR count). The van der Waals surface area contributed by atoms with Crippen LogP contribution in [0.3, 0.4) is 0 Å². The van der Waals surface area contributed by atoms with E-state index in [1.165, 1.54) is 16.5 Å². The van der Waals surface area contributed by atoms with Gasteiger partial charge in [0.2, 0.25) is 0 Å². The molecule has 0 aliphatic heterocycles. The summed E-state index contributed by atoms with van der Waals surface area (Å²) in [6.07, 6.45) is 1.18. The van der Waals surface area contributed by atoms with Crippen LogP contribution in [0.5, 0.6) is 0 Å². The molecule has 0 saturated heterocycles. The van der Waals surface area contributed by atoms with Gasteiger partial charge in [-0.05, 0) is 24.6 Å². The standard InChI is InChI=1S/C10H14BrN/c1-2-7-12-8-9-5-3-4-6-10(9)11/h3-6,12H,2,7-8H2,1H3. The lowest BCUT2D eigenvalue weighted by molar-refractivity contribution is 0.674. The van der Waals surface area contributed by atoms with E-state index in [1.54, 1.807) is 0 Å². The maximum atomic E-state index is 3.51. The highest BCUT2D eigenvalue weighted by Gasteiger charge is 1.95. The van der Waals surface area contributed by atoms with Crippen molar-refractivity contribution in [2.75, 3.05) is 6.54 Å². The molecule has 0 saturated carbocycles. The molecule has 0 bridgehead atoms. The van der Waals surface area contributed by atoms with Crippen LogP contribution in [0.4, 0.5) is 0 Å². The number of hydrogen-bond acceptors (Lipinski definition) is 1. The van der Waals surface area contributed by atoms with Gasteiger partial charge in [-0.25, -0.2) is 0 Å². The largest absolute Gasteiger partial charge is 0.313 e. The van der Waals surface area contributed by atoms with Crippen LogP contribution in [0, 0.1) is 0 Å². The van der Waals surface area contributed by atoms with Crippen molar-refractivity contribution in [3.05, 3.63) is 34.3 Å². The van der Waals surface area contributed by atoms with Crippen molar-refractivity contribution in [2.24, 2.45) is 0 Å². The molecule has 0 aliphatic carbocycles. The zero-order chi connectivity index (χ0) is 8.81. The van der Waals surface area contributed by atoms with Gasteiger partial charge >= 0.3 is 0 Å². The molecule has 0 fully saturated rings. The van der Waals surface area contributed by atoms with Crippen LogP contribution in [0.2, 0.25) is 0 Å². The lowest BCUT2D eigenvalue weighted by Crippen LogP contribution is -2.13. The van der Waals surface area contributed by atoms with Crippen molar-refractivity contribution < 1.29 is 0 Å². The van der Waals surface area contributed by atoms with Crippen LogP contribution >= 0.6 is 15.9 Å². The van der Waals surface area contributed by atoms with E-state index in [9.17, 15) is 0 Å². The van der Waals surface area contributed by atoms with Gasteiger partial charge in [0.05, 0.1) is 0 Å². The van der Waals surface area contributed by atoms with Crippen molar-refractivity contribution >= 4 is 15.9 Å². The fourth-order valence-corrected chi connectivity index (χ4v) is 1.47. The number of nitrogens with one attached hydrogen (secondary N) is 1. The second kappa shape index (κ2) is 5.33. The summed E-state index contributed by atoms with van der Waals surface area (Å²) >= 11 is 3.51. The predicted octanol–water partition coefficient (Wildman–Crippen LogP) is 2.95. The van der Waals surface area contributed by atoms with E-state index < -0.39 is 0 Å². The predicted molar refractivity (Wildman–Crippen MR) is 56.1 cm³/mol. The highest BCUT2D eigenvalue weighted by atomic mass is 79.9. The van der Waals surface area contributed by atoms with Gasteiger partial charge in [0.1, 0.15) is 0 Å². The van der Waals surface area contributed by atoms with Crippen LogP contribution < -0.4 is 5.32 Å². The zero-order valence-corrected chi connectivity index (χ0v) is 8.89. The van der Waals surface area contributed by atoms with Crippen LogP contribution in [-0.4, -0.2) is 6.54 Å². The zero-order valence-electron chi connectivity index (χ0n) is 7.31. The fraction of sp³-hybridized carbons (Fsp3) is 0.400. The summed E-state index contributed by atoms with van der Waals surface area (Å²) in [5.74, 6) is 0. The molecule has 0 radical (unpaired) electrons.